The van der Waals surface area contributed by atoms with E-state index in [-0.39, 0.29) is 11.8 Å². The first-order chi connectivity index (χ1) is 9.08. The topological polar surface area (TPSA) is 66.4 Å². The van der Waals surface area contributed by atoms with Crippen molar-refractivity contribution in [3.63, 3.8) is 0 Å². The Balaban J connectivity index is 1.68. The summed E-state index contributed by atoms with van der Waals surface area (Å²) in [6, 6.07) is -1.38. The van der Waals surface area contributed by atoms with Gasteiger partial charge in [0.15, 0.2) is 6.04 Å². The predicted octanol–water partition coefficient (Wildman–Crippen LogP) is 1.60. The van der Waals surface area contributed by atoms with Gasteiger partial charge in [-0.05, 0) is 55.8 Å². The van der Waals surface area contributed by atoms with E-state index >= 15 is 0 Å². The normalized spacial score (nSPS) is 41.0. The van der Waals surface area contributed by atoms with Crippen LogP contribution in [0.2, 0.25) is 0 Å². The van der Waals surface area contributed by atoms with Crippen molar-refractivity contribution in [3.05, 3.63) is 0 Å². The van der Waals surface area contributed by atoms with Crippen LogP contribution in [-0.4, -0.2) is 29.7 Å². The third kappa shape index (κ3) is 2.23. The quantitative estimate of drug-likeness (QED) is 0.814. The molecule has 0 saturated heterocycles. The van der Waals surface area contributed by atoms with Gasteiger partial charge in [0.1, 0.15) is 6.67 Å². The number of rotatable bonds is 4. The monoisotopic (exact) mass is 269 g/mol. The minimum Gasteiger partial charge on any atom is -0.480 e. The fourth-order valence-electron chi connectivity index (χ4n) is 4.79. The Hall–Kier alpha value is -1.13. The van der Waals surface area contributed by atoms with Gasteiger partial charge in [0, 0.05) is 5.92 Å². The second-order valence-electron chi connectivity index (χ2n) is 6.51. The van der Waals surface area contributed by atoms with Crippen LogP contribution in [0.5, 0.6) is 0 Å². The Morgan fingerprint density at radius 2 is 1.63 bits per heavy atom. The lowest BCUT2D eigenvalue weighted by molar-refractivity contribution is -0.147. The Bertz CT molecular complexity index is 370. The second kappa shape index (κ2) is 4.76. The number of hydrogen-bond acceptors (Lipinski definition) is 2. The van der Waals surface area contributed by atoms with Gasteiger partial charge in [0.25, 0.3) is 0 Å². The summed E-state index contributed by atoms with van der Waals surface area (Å²) >= 11 is 0. The fraction of sp³-hybridized carbons (Fsp3) is 0.857. The summed E-state index contributed by atoms with van der Waals surface area (Å²) < 4.78 is 12.6. The molecule has 0 aromatic carbocycles. The molecule has 4 aliphatic carbocycles. The summed E-state index contributed by atoms with van der Waals surface area (Å²) in [5, 5.41) is 11.2. The standard InChI is InChI=1S/C14H20FNO3/c15-6-11(14(18)19)16-13(17)12-9-2-7-1-8(4-9)5-10(12)3-7/h7-12H,1-6H2,(H,16,17)(H,18,19). The molecule has 0 radical (unpaired) electrons. The van der Waals surface area contributed by atoms with Crippen molar-refractivity contribution in [1.82, 2.24) is 5.32 Å². The van der Waals surface area contributed by atoms with Crippen molar-refractivity contribution in [1.29, 1.82) is 0 Å². The maximum absolute atomic E-state index is 12.6. The zero-order valence-electron chi connectivity index (χ0n) is 10.8. The third-order valence-corrected chi connectivity index (χ3v) is 5.30. The van der Waals surface area contributed by atoms with Crippen molar-refractivity contribution < 1.29 is 19.1 Å². The number of carbonyl (C=O) groups is 2. The van der Waals surface area contributed by atoms with Gasteiger partial charge in [0.2, 0.25) is 5.91 Å². The number of hydrogen-bond donors (Lipinski definition) is 2. The van der Waals surface area contributed by atoms with Crippen molar-refractivity contribution >= 4 is 11.9 Å². The van der Waals surface area contributed by atoms with Crippen LogP contribution in [0.1, 0.15) is 32.1 Å². The molecule has 1 amide bonds. The number of alkyl halides is 1. The lowest BCUT2D eigenvalue weighted by Gasteiger charge is -2.53. The Labute approximate surface area is 111 Å². The van der Waals surface area contributed by atoms with Crippen LogP contribution in [0.25, 0.3) is 0 Å². The van der Waals surface area contributed by atoms with E-state index in [0.29, 0.717) is 11.8 Å². The lowest BCUT2D eigenvalue weighted by atomic mass is 9.51. The van der Waals surface area contributed by atoms with Crippen LogP contribution in [0, 0.1) is 29.6 Å². The van der Waals surface area contributed by atoms with Crippen LogP contribution in [0.4, 0.5) is 4.39 Å². The van der Waals surface area contributed by atoms with Crippen molar-refractivity contribution in [3.8, 4) is 0 Å². The van der Waals surface area contributed by atoms with E-state index in [0.717, 1.165) is 37.5 Å². The number of amides is 1. The molecule has 4 saturated carbocycles. The Kier molecular flexibility index (Phi) is 3.23. The minimum absolute atomic E-state index is 0.0822. The van der Waals surface area contributed by atoms with Crippen LogP contribution in [0.3, 0.4) is 0 Å². The van der Waals surface area contributed by atoms with Gasteiger partial charge in [-0.25, -0.2) is 9.18 Å². The molecular weight excluding hydrogens is 249 g/mol. The minimum atomic E-state index is -1.38. The number of halogens is 1. The SMILES string of the molecule is O=C(O)C(CF)NC(=O)C1C2CC3CC(C2)CC1C3. The molecule has 0 aromatic rings. The Morgan fingerprint density at radius 3 is 2.05 bits per heavy atom. The third-order valence-electron chi connectivity index (χ3n) is 5.30. The molecular formula is C14H20FNO3. The molecule has 4 aliphatic rings. The van der Waals surface area contributed by atoms with Crippen molar-refractivity contribution in [2.24, 2.45) is 29.6 Å². The molecule has 1 atom stereocenters. The highest BCUT2D eigenvalue weighted by molar-refractivity contribution is 5.85. The lowest BCUT2D eigenvalue weighted by Crippen LogP contribution is -2.54. The molecule has 0 aliphatic heterocycles. The number of nitrogens with one attached hydrogen (secondary N) is 1. The number of aliphatic carboxylic acids is 1. The number of carboxylic acid groups (broad SMARTS) is 1. The summed E-state index contributed by atoms with van der Waals surface area (Å²) in [5.41, 5.74) is 0. The second-order valence-corrected chi connectivity index (χ2v) is 6.51. The molecule has 4 rings (SSSR count). The predicted molar refractivity (Wildman–Crippen MR) is 66.1 cm³/mol. The number of carbonyl (C=O) groups excluding carboxylic acids is 1. The van der Waals surface area contributed by atoms with Crippen molar-refractivity contribution in [2.75, 3.05) is 6.67 Å². The fourth-order valence-corrected chi connectivity index (χ4v) is 4.79. The summed E-state index contributed by atoms with van der Waals surface area (Å²) in [5.74, 6) is 0.710. The van der Waals surface area contributed by atoms with E-state index in [1.165, 1.54) is 6.42 Å². The first-order valence-electron chi connectivity index (χ1n) is 7.17. The highest BCUT2D eigenvalue weighted by Gasteiger charge is 2.51. The largest absolute Gasteiger partial charge is 0.480 e. The van der Waals surface area contributed by atoms with E-state index < -0.39 is 18.7 Å². The van der Waals surface area contributed by atoms with Crippen LogP contribution < -0.4 is 5.32 Å². The van der Waals surface area contributed by atoms with Gasteiger partial charge in [0.05, 0.1) is 0 Å². The molecule has 4 nitrogen and oxygen atoms in total. The van der Waals surface area contributed by atoms with Gasteiger partial charge in [-0.2, -0.15) is 0 Å². The van der Waals surface area contributed by atoms with E-state index in [1.807, 2.05) is 0 Å². The first-order valence-corrected chi connectivity index (χ1v) is 7.17. The van der Waals surface area contributed by atoms with Crippen LogP contribution >= 0.6 is 0 Å². The Morgan fingerprint density at radius 1 is 1.11 bits per heavy atom. The highest BCUT2D eigenvalue weighted by Crippen LogP contribution is 2.56. The smallest absolute Gasteiger partial charge is 0.328 e. The van der Waals surface area contributed by atoms with E-state index in [1.54, 1.807) is 0 Å². The molecule has 2 N–H and O–H groups in total. The highest BCUT2D eigenvalue weighted by atomic mass is 19.1. The van der Waals surface area contributed by atoms with Gasteiger partial charge in [-0.3, -0.25) is 4.79 Å². The molecule has 0 spiro atoms. The zero-order chi connectivity index (χ0) is 13.6. The average Bonchev–Trinajstić information content (AvgIpc) is 2.34. The molecule has 0 aromatic heterocycles. The molecule has 1 unspecified atom stereocenters. The first kappa shape index (κ1) is 12.9. The van der Waals surface area contributed by atoms with Gasteiger partial charge >= 0.3 is 5.97 Å². The van der Waals surface area contributed by atoms with E-state index in [4.69, 9.17) is 5.11 Å². The summed E-state index contributed by atoms with van der Waals surface area (Å²) in [7, 11) is 0. The van der Waals surface area contributed by atoms with Gasteiger partial charge in [-0.15, -0.1) is 0 Å². The summed E-state index contributed by atoms with van der Waals surface area (Å²) in [4.78, 5) is 23.1. The molecule has 19 heavy (non-hydrogen) atoms. The molecule has 4 bridgehead atoms. The van der Waals surface area contributed by atoms with Crippen molar-refractivity contribution in [2.45, 2.75) is 38.1 Å². The molecule has 106 valence electrons. The molecule has 5 heteroatoms. The zero-order valence-corrected chi connectivity index (χ0v) is 10.8. The van der Waals surface area contributed by atoms with Gasteiger partial charge in [-0.1, -0.05) is 0 Å². The average molecular weight is 269 g/mol. The number of carboxylic acids is 1. The maximum Gasteiger partial charge on any atom is 0.328 e. The molecule has 4 fully saturated rings. The van der Waals surface area contributed by atoms with Crippen LogP contribution in [0.15, 0.2) is 0 Å². The summed E-state index contributed by atoms with van der Waals surface area (Å²) in [6.45, 7) is -1.05. The summed E-state index contributed by atoms with van der Waals surface area (Å²) in [6.07, 6.45) is 5.69. The van der Waals surface area contributed by atoms with Gasteiger partial charge < -0.3 is 10.4 Å². The maximum atomic E-state index is 12.6. The van der Waals surface area contributed by atoms with E-state index in [9.17, 15) is 14.0 Å². The van der Waals surface area contributed by atoms with Crippen LogP contribution in [-0.2, 0) is 9.59 Å². The molecule has 0 heterocycles. The van der Waals surface area contributed by atoms with E-state index in [2.05, 4.69) is 5.32 Å².